The summed E-state index contributed by atoms with van der Waals surface area (Å²) in [7, 11) is 1.50. The van der Waals surface area contributed by atoms with Gasteiger partial charge in [0.05, 0.1) is 23.0 Å². The number of nitriles is 1. The van der Waals surface area contributed by atoms with Gasteiger partial charge in [0.2, 0.25) is 0 Å². The van der Waals surface area contributed by atoms with E-state index in [-0.39, 0.29) is 24.2 Å². The number of benzene rings is 1. The molecule has 8 heteroatoms. The standard InChI is InChI=1S/C13H13N3O5/c1-15(8-2-7-14)12(17)9-21-13(18)10-3-5-11(6-4-10)16(19)20/h3-6H,2,8-9H2,1H3. The average Bonchev–Trinajstić information content (AvgIpc) is 2.49. The Labute approximate surface area is 120 Å². The van der Waals surface area contributed by atoms with Gasteiger partial charge in [0.1, 0.15) is 0 Å². The highest BCUT2D eigenvalue weighted by Gasteiger charge is 2.14. The number of carbonyl (C=O) groups is 2. The number of nitro benzene ring substituents is 1. The Bertz CT molecular complexity index is 576. The second kappa shape index (κ2) is 7.59. The maximum atomic E-state index is 11.7. The topological polar surface area (TPSA) is 114 Å². The van der Waals surface area contributed by atoms with Crippen LogP contribution in [0, 0.1) is 21.4 Å². The summed E-state index contributed by atoms with van der Waals surface area (Å²) in [5.74, 6) is -1.17. The van der Waals surface area contributed by atoms with Gasteiger partial charge in [-0.25, -0.2) is 4.79 Å². The first-order valence-corrected chi connectivity index (χ1v) is 5.98. The molecule has 0 unspecified atom stereocenters. The quantitative estimate of drug-likeness (QED) is 0.441. The molecule has 1 aromatic carbocycles. The average molecular weight is 291 g/mol. The summed E-state index contributed by atoms with van der Waals surface area (Å²) < 4.78 is 4.81. The first-order chi connectivity index (χ1) is 9.95. The van der Waals surface area contributed by atoms with Crippen molar-refractivity contribution < 1.29 is 19.2 Å². The van der Waals surface area contributed by atoms with E-state index in [1.807, 2.05) is 6.07 Å². The molecule has 110 valence electrons. The van der Waals surface area contributed by atoms with E-state index in [0.717, 1.165) is 0 Å². The largest absolute Gasteiger partial charge is 0.452 e. The number of esters is 1. The third-order valence-corrected chi connectivity index (χ3v) is 2.63. The molecule has 0 spiro atoms. The number of nitrogens with zero attached hydrogens (tertiary/aromatic N) is 3. The zero-order chi connectivity index (χ0) is 15.8. The summed E-state index contributed by atoms with van der Waals surface area (Å²) in [4.78, 5) is 34.4. The van der Waals surface area contributed by atoms with Gasteiger partial charge in [-0.2, -0.15) is 5.26 Å². The van der Waals surface area contributed by atoms with Gasteiger partial charge in [0.25, 0.3) is 11.6 Å². The Morgan fingerprint density at radius 1 is 1.38 bits per heavy atom. The third-order valence-electron chi connectivity index (χ3n) is 2.63. The predicted molar refractivity (Wildman–Crippen MR) is 71.2 cm³/mol. The Kier molecular flexibility index (Phi) is 5.82. The summed E-state index contributed by atoms with van der Waals surface area (Å²) in [6.07, 6.45) is 0.193. The summed E-state index contributed by atoms with van der Waals surface area (Å²) in [5, 5.41) is 18.9. The zero-order valence-corrected chi connectivity index (χ0v) is 11.3. The van der Waals surface area contributed by atoms with E-state index in [4.69, 9.17) is 10.00 Å². The number of nitro groups is 1. The van der Waals surface area contributed by atoms with E-state index in [1.54, 1.807) is 0 Å². The fraction of sp³-hybridized carbons (Fsp3) is 0.308. The van der Waals surface area contributed by atoms with Gasteiger partial charge in [-0.3, -0.25) is 14.9 Å². The third kappa shape index (κ3) is 4.91. The number of amides is 1. The van der Waals surface area contributed by atoms with Crippen LogP contribution in [0.3, 0.4) is 0 Å². The minimum Gasteiger partial charge on any atom is -0.452 e. The van der Waals surface area contributed by atoms with E-state index >= 15 is 0 Å². The molecule has 0 aliphatic carbocycles. The molecule has 0 aromatic heterocycles. The van der Waals surface area contributed by atoms with E-state index in [0.29, 0.717) is 0 Å². The highest BCUT2D eigenvalue weighted by Crippen LogP contribution is 2.12. The van der Waals surface area contributed by atoms with Crippen LogP contribution in [-0.2, 0) is 9.53 Å². The molecule has 0 N–H and O–H groups in total. The van der Waals surface area contributed by atoms with Crippen molar-refractivity contribution in [2.24, 2.45) is 0 Å². The Morgan fingerprint density at radius 3 is 2.52 bits per heavy atom. The smallest absolute Gasteiger partial charge is 0.338 e. The molecule has 0 aliphatic heterocycles. The van der Waals surface area contributed by atoms with Gasteiger partial charge in [0, 0.05) is 25.7 Å². The fourth-order valence-electron chi connectivity index (χ4n) is 1.38. The normalized spacial score (nSPS) is 9.52. The molecule has 0 saturated heterocycles. The van der Waals surface area contributed by atoms with Gasteiger partial charge in [-0.1, -0.05) is 0 Å². The van der Waals surface area contributed by atoms with Crippen LogP contribution >= 0.6 is 0 Å². The number of hydrogen-bond donors (Lipinski definition) is 0. The van der Waals surface area contributed by atoms with Crippen LogP contribution in [0.15, 0.2) is 24.3 Å². The fourth-order valence-corrected chi connectivity index (χ4v) is 1.38. The molecule has 0 heterocycles. The van der Waals surface area contributed by atoms with E-state index < -0.39 is 23.4 Å². The number of hydrogen-bond acceptors (Lipinski definition) is 6. The summed E-state index contributed by atoms with van der Waals surface area (Å²) in [5.41, 5.74) is -0.0214. The lowest BCUT2D eigenvalue weighted by molar-refractivity contribution is -0.384. The summed E-state index contributed by atoms with van der Waals surface area (Å²) in [6, 6.07) is 6.77. The van der Waals surface area contributed by atoms with Gasteiger partial charge < -0.3 is 9.64 Å². The summed E-state index contributed by atoms with van der Waals surface area (Å²) >= 11 is 0. The van der Waals surface area contributed by atoms with Crippen LogP contribution < -0.4 is 0 Å². The lowest BCUT2D eigenvalue weighted by Gasteiger charge is -2.15. The number of ether oxygens (including phenoxy) is 1. The van der Waals surface area contributed by atoms with Gasteiger partial charge in [0.15, 0.2) is 6.61 Å². The molecule has 0 saturated carbocycles. The van der Waals surface area contributed by atoms with Crippen molar-refractivity contribution in [1.82, 2.24) is 4.90 Å². The van der Waals surface area contributed by atoms with Crippen molar-refractivity contribution in [3.63, 3.8) is 0 Å². The molecule has 0 radical (unpaired) electrons. The van der Waals surface area contributed by atoms with Crippen molar-refractivity contribution in [3.8, 4) is 6.07 Å². The number of non-ortho nitro benzene ring substituents is 1. The van der Waals surface area contributed by atoms with Crippen LogP contribution in [0.4, 0.5) is 5.69 Å². The molecule has 1 aromatic rings. The van der Waals surface area contributed by atoms with Crippen molar-refractivity contribution in [3.05, 3.63) is 39.9 Å². The van der Waals surface area contributed by atoms with Crippen LogP contribution in [0.1, 0.15) is 16.8 Å². The number of rotatable bonds is 6. The lowest BCUT2D eigenvalue weighted by Crippen LogP contribution is -2.31. The predicted octanol–water partition coefficient (Wildman–Crippen LogP) is 1.12. The van der Waals surface area contributed by atoms with Gasteiger partial charge >= 0.3 is 5.97 Å². The molecular weight excluding hydrogens is 278 g/mol. The van der Waals surface area contributed by atoms with Crippen molar-refractivity contribution in [1.29, 1.82) is 5.26 Å². The minimum atomic E-state index is -0.744. The van der Waals surface area contributed by atoms with Crippen molar-refractivity contribution >= 4 is 17.6 Å². The maximum Gasteiger partial charge on any atom is 0.338 e. The van der Waals surface area contributed by atoms with Crippen LogP contribution in [0.5, 0.6) is 0 Å². The molecule has 1 rings (SSSR count). The van der Waals surface area contributed by atoms with E-state index in [2.05, 4.69) is 0 Å². The highest BCUT2D eigenvalue weighted by atomic mass is 16.6. The molecule has 0 aliphatic rings. The molecule has 8 nitrogen and oxygen atoms in total. The first kappa shape index (κ1) is 16.1. The van der Waals surface area contributed by atoms with Gasteiger partial charge in [-0.15, -0.1) is 0 Å². The maximum absolute atomic E-state index is 11.7. The minimum absolute atomic E-state index is 0.119. The molecule has 0 bridgehead atoms. The number of likely N-dealkylation sites (N-methyl/N-ethyl adjacent to an activating group) is 1. The Morgan fingerprint density at radius 2 is 2.00 bits per heavy atom. The Balaban J connectivity index is 2.52. The van der Waals surface area contributed by atoms with E-state index in [9.17, 15) is 19.7 Å². The SMILES string of the molecule is CN(CCC#N)C(=O)COC(=O)c1ccc([N+](=O)[O-])cc1. The monoisotopic (exact) mass is 291 g/mol. The van der Waals surface area contributed by atoms with Crippen molar-refractivity contribution in [2.45, 2.75) is 6.42 Å². The number of carbonyl (C=O) groups excluding carboxylic acids is 2. The van der Waals surface area contributed by atoms with Crippen LogP contribution in [-0.4, -0.2) is 41.9 Å². The molecule has 21 heavy (non-hydrogen) atoms. The summed E-state index contributed by atoms with van der Waals surface area (Å²) in [6.45, 7) is -0.192. The second-order valence-corrected chi connectivity index (χ2v) is 4.10. The molecule has 0 atom stereocenters. The lowest BCUT2D eigenvalue weighted by atomic mass is 10.2. The molecular formula is C13H13N3O5. The van der Waals surface area contributed by atoms with Gasteiger partial charge in [-0.05, 0) is 12.1 Å². The van der Waals surface area contributed by atoms with Crippen molar-refractivity contribution in [2.75, 3.05) is 20.2 Å². The zero-order valence-electron chi connectivity index (χ0n) is 11.3. The highest BCUT2D eigenvalue weighted by molar-refractivity contribution is 5.91. The first-order valence-electron chi connectivity index (χ1n) is 5.98. The second-order valence-electron chi connectivity index (χ2n) is 4.10. The molecule has 1 amide bonds. The van der Waals surface area contributed by atoms with E-state index in [1.165, 1.54) is 36.2 Å². The van der Waals surface area contributed by atoms with Crippen LogP contribution in [0.25, 0.3) is 0 Å². The Hall–Kier alpha value is -2.95. The van der Waals surface area contributed by atoms with Crippen LogP contribution in [0.2, 0.25) is 0 Å². The molecule has 0 fully saturated rings.